The molecule has 2 unspecified atom stereocenters. The van der Waals surface area contributed by atoms with Crippen molar-refractivity contribution in [1.82, 2.24) is 14.7 Å². The molecule has 0 spiro atoms. The molecule has 1 aromatic carbocycles. The predicted molar refractivity (Wildman–Crippen MR) is 94.8 cm³/mol. The van der Waals surface area contributed by atoms with E-state index >= 15 is 0 Å². The van der Waals surface area contributed by atoms with Gasteiger partial charge in [-0.25, -0.2) is 0 Å². The zero-order chi connectivity index (χ0) is 17.8. The number of rotatable bonds is 4. The van der Waals surface area contributed by atoms with E-state index < -0.39 is 6.10 Å². The van der Waals surface area contributed by atoms with Crippen molar-refractivity contribution in [2.24, 2.45) is 0 Å². The zero-order valence-corrected chi connectivity index (χ0v) is 14.8. The molecule has 0 saturated carbocycles. The van der Waals surface area contributed by atoms with Crippen LogP contribution in [0.5, 0.6) is 0 Å². The first kappa shape index (κ1) is 17.9. The summed E-state index contributed by atoms with van der Waals surface area (Å²) in [6.45, 7) is 5.62. The summed E-state index contributed by atoms with van der Waals surface area (Å²) in [5.74, 6) is 0.0661. The number of benzene rings is 1. The zero-order valence-electron chi connectivity index (χ0n) is 14.8. The molecule has 2 saturated heterocycles. The van der Waals surface area contributed by atoms with Crippen molar-refractivity contribution in [3.8, 4) is 0 Å². The average molecular weight is 345 g/mol. The third-order valence-electron chi connectivity index (χ3n) is 5.24. The summed E-state index contributed by atoms with van der Waals surface area (Å²) in [5, 5.41) is 10.3. The van der Waals surface area contributed by atoms with Gasteiger partial charge in [-0.15, -0.1) is 0 Å². The Balaban J connectivity index is 1.50. The Morgan fingerprint density at radius 2 is 1.80 bits per heavy atom. The standard InChI is InChI=1S/C19H27N3O3/c1-15(23)22-9-5-8-17(22)19(25)21-12-10-20(11-13-21)14-18(24)16-6-3-2-4-7-16/h2-4,6-7,17-18,24H,5,8-14H2,1H3. The topological polar surface area (TPSA) is 64.1 Å². The van der Waals surface area contributed by atoms with Gasteiger partial charge in [-0.05, 0) is 18.4 Å². The first-order valence-corrected chi connectivity index (χ1v) is 9.07. The molecule has 2 heterocycles. The number of aliphatic hydroxyl groups is 1. The van der Waals surface area contributed by atoms with Gasteiger partial charge in [-0.3, -0.25) is 14.5 Å². The molecule has 1 N–H and O–H groups in total. The fraction of sp³-hybridized carbons (Fsp3) is 0.579. The molecule has 3 rings (SSSR count). The van der Waals surface area contributed by atoms with Crippen molar-refractivity contribution in [2.75, 3.05) is 39.3 Å². The summed E-state index contributed by atoms with van der Waals surface area (Å²) in [7, 11) is 0. The third kappa shape index (κ3) is 4.19. The van der Waals surface area contributed by atoms with E-state index in [0.717, 1.165) is 31.5 Å². The quantitative estimate of drug-likeness (QED) is 0.880. The maximum absolute atomic E-state index is 12.7. The molecular weight excluding hydrogens is 318 g/mol. The largest absolute Gasteiger partial charge is 0.387 e. The second kappa shape index (κ2) is 7.97. The van der Waals surface area contributed by atoms with Crippen LogP contribution in [0, 0.1) is 0 Å². The van der Waals surface area contributed by atoms with Gasteiger partial charge in [-0.2, -0.15) is 0 Å². The fourth-order valence-corrected chi connectivity index (χ4v) is 3.79. The molecule has 2 fully saturated rings. The molecule has 0 bridgehead atoms. The van der Waals surface area contributed by atoms with Gasteiger partial charge in [0.2, 0.25) is 11.8 Å². The van der Waals surface area contributed by atoms with Gasteiger partial charge in [0, 0.05) is 46.2 Å². The number of carbonyl (C=O) groups is 2. The van der Waals surface area contributed by atoms with Crippen molar-refractivity contribution < 1.29 is 14.7 Å². The lowest BCUT2D eigenvalue weighted by Crippen LogP contribution is -2.54. The molecule has 0 aliphatic carbocycles. The van der Waals surface area contributed by atoms with Crippen LogP contribution >= 0.6 is 0 Å². The molecular formula is C19H27N3O3. The molecule has 2 amide bonds. The molecule has 0 aromatic heterocycles. The molecule has 0 radical (unpaired) electrons. The Bertz CT molecular complexity index is 599. The molecule has 6 nitrogen and oxygen atoms in total. The Hall–Kier alpha value is -1.92. The Labute approximate surface area is 149 Å². The van der Waals surface area contributed by atoms with Gasteiger partial charge in [-0.1, -0.05) is 30.3 Å². The molecule has 1 aromatic rings. The SMILES string of the molecule is CC(=O)N1CCCC1C(=O)N1CCN(CC(O)c2ccccc2)CC1. The molecule has 2 aliphatic rings. The first-order valence-electron chi connectivity index (χ1n) is 9.07. The lowest BCUT2D eigenvalue weighted by Gasteiger charge is -2.37. The highest BCUT2D eigenvalue weighted by Gasteiger charge is 2.36. The van der Waals surface area contributed by atoms with Gasteiger partial charge >= 0.3 is 0 Å². The smallest absolute Gasteiger partial charge is 0.245 e. The normalized spacial score (nSPS) is 22.9. The molecule has 6 heteroatoms. The highest BCUT2D eigenvalue weighted by Crippen LogP contribution is 2.21. The van der Waals surface area contributed by atoms with Crippen LogP contribution in [0.25, 0.3) is 0 Å². The highest BCUT2D eigenvalue weighted by atomic mass is 16.3. The van der Waals surface area contributed by atoms with Gasteiger partial charge in [0.05, 0.1) is 6.10 Å². The number of amides is 2. The summed E-state index contributed by atoms with van der Waals surface area (Å²) in [6, 6.07) is 9.38. The number of piperazine rings is 1. The van der Waals surface area contributed by atoms with E-state index in [2.05, 4.69) is 4.90 Å². The van der Waals surface area contributed by atoms with E-state index in [0.29, 0.717) is 26.2 Å². The van der Waals surface area contributed by atoms with Crippen molar-refractivity contribution in [1.29, 1.82) is 0 Å². The van der Waals surface area contributed by atoms with Crippen LogP contribution in [0.3, 0.4) is 0 Å². The summed E-state index contributed by atoms with van der Waals surface area (Å²) in [5.41, 5.74) is 0.920. The second-order valence-electron chi connectivity index (χ2n) is 6.92. The van der Waals surface area contributed by atoms with E-state index in [1.807, 2.05) is 35.2 Å². The number of β-amino-alcohol motifs (C(OH)–C–C–N with tert-alkyl or cyclic N) is 1. The van der Waals surface area contributed by atoms with Crippen molar-refractivity contribution in [2.45, 2.75) is 31.9 Å². The predicted octanol–water partition coefficient (Wildman–Crippen LogP) is 0.875. The monoisotopic (exact) mass is 345 g/mol. The van der Waals surface area contributed by atoms with Crippen molar-refractivity contribution >= 4 is 11.8 Å². The summed E-state index contributed by atoms with van der Waals surface area (Å²) in [6.07, 6.45) is 1.16. The first-order chi connectivity index (χ1) is 12.1. The van der Waals surface area contributed by atoms with E-state index in [4.69, 9.17) is 0 Å². The number of hydrogen-bond acceptors (Lipinski definition) is 4. The van der Waals surface area contributed by atoms with Crippen LogP contribution < -0.4 is 0 Å². The van der Waals surface area contributed by atoms with E-state index in [1.54, 1.807) is 4.90 Å². The minimum absolute atomic E-state index is 0.0135. The van der Waals surface area contributed by atoms with Gasteiger partial charge in [0.15, 0.2) is 0 Å². The lowest BCUT2D eigenvalue weighted by atomic mass is 10.1. The number of nitrogens with zero attached hydrogens (tertiary/aromatic N) is 3. The summed E-state index contributed by atoms with van der Waals surface area (Å²) in [4.78, 5) is 30.2. The maximum atomic E-state index is 12.7. The molecule has 2 aliphatic heterocycles. The summed E-state index contributed by atoms with van der Waals surface area (Å²) < 4.78 is 0. The van der Waals surface area contributed by atoms with Crippen LogP contribution in [0.2, 0.25) is 0 Å². The Morgan fingerprint density at radius 3 is 2.44 bits per heavy atom. The fourth-order valence-electron chi connectivity index (χ4n) is 3.79. The Morgan fingerprint density at radius 1 is 1.12 bits per heavy atom. The summed E-state index contributed by atoms with van der Waals surface area (Å²) >= 11 is 0. The van der Waals surface area contributed by atoms with Crippen LogP contribution in [0.15, 0.2) is 30.3 Å². The van der Waals surface area contributed by atoms with Crippen LogP contribution in [0.4, 0.5) is 0 Å². The van der Waals surface area contributed by atoms with E-state index in [1.165, 1.54) is 6.92 Å². The van der Waals surface area contributed by atoms with Crippen molar-refractivity contribution in [3.05, 3.63) is 35.9 Å². The van der Waals surface area contributed by atoms with E-state index in [-0.39, 0.29) is 17.9 Å². The highest BCUT2D eigenvalue weighted by molar-refractivity contribution is 5.87. The van der Waals surface area contributed by atoms with Crippen LogP contribution in [-0.4, -0.2) is 76.9 Å². The Kier molecular flexibility index (Phi) is 5.71. The minimum atomic E-state index is -0.508. The minimum Gasteiger partial charge on any atom is -0.387 e. The van der Waals surface area contributed by atoms with Gasteiger partial charge in [0.25, 0.3) is 0 Å². The molecule has 25 heavy (non-hydrogen) atoms. The van der Waals surface area contributed by atoms with Crippen LogP contribution in [-0.2, 0) is 9.59 Å². The molecule has 2 atom stereocenters. The number of aliphatic hydroxyl groups excluding tert-OH is 1. The van der Waals surface area contributed by atoms with E-state index in [9.17, 15) is 14.7 Å². The van der Waals surface area contributed by atoms with Crippen LogP contribution in [0.1, 0.15) is 31.4 Å². The number of hydrogen-bond donors (Lipinski definition) is 1. The van der Waals surface area contributed by atoms with Gasteiger partial charge < -0.3 is 14.9 Å². The lowest BCUT2D eigenvalue weighted by molar-refractivity contribution is -0.144. The number of likely N-dealkylation sites (tertiary alicyclic amines) is 1. The number of carbonyl (C=O) groups excluding carboxylic acids is 2. The third-order valence-corrected chi connectivity index (χ3v) is 5.24. The average Bonchev–Trinajstić information content (AvgIpc) is 3.12. The maximum Gasteiger partial charge on any atom is 0.245 e. The second-order valence-corrected chi connectivity index (χ2v) is 6.92. The molecule has 136 valence electrons. The van der Waals surface area contributed by atoms with Crippen molar-refractivity contribution in [3.63, 3.8) is 0 Å². The van der Waals surface area contributed by atoms with Gasteiger partial charge in [0.1, 0.15) is 6.04 Å².